The summed E-state index contributed by atoms with van der Waals surface area (Å²) in [7, 11) is 1.59. The molecular weight excluding hydrogens is 334 g/mol. The van der Waals surface area contributed by atoms with Crippen molar-refractivity contribution in [2.45, 2.75) is 32.2 Å². The second-order valence-electron chi connectivity index (χ2n) is 6.65. The minimum Gasteiger partial charge on any atom is -0.497 e. The van der Waals surface area contributed by atoms with Crippen LogP contribution in [0.2, 0.25) is 0 Å². The van der Waals surface area contributed by atoms with Gasteiger partial charge < -0.3 is 19.5 Å². The first-order chi connectivity index (χ1) is 12.6. The molecule has 0 radical (unpaired) electrons. The fourth-order valence-electron chi connectivity index (χ4n) is 3.70. The maximum Gasteiger partial charge on any atom is 0.230 e. The lowest BCUT2D eigenvalue weighted by Crippen LogP contribution is -2.40. The number of aromatic nitrogens is 3. The highest BCUT2D eigenvalue weighted by Crippen LogP contribution is 2.36. The van der Waals surface area contributed by atoms with Gasteiger partial charge in [-0.25, -0.2) is 0 Å². The highest BCUT2D eigenvalue weighted by molar-refractivity contribution is 6.01. The van der Waals surface area contributed by atoms with E-state index in [2.05, 4.69) is 20.1 Å². The van der Waals surface area contributed by atoms with Crippen molar-refractivity contribution >= 4 is 17.5 Å². The number of fused-ring (bicyclic) bond motifs is 2. The zero-order valence-corrected chi connectivity index (χ0v) is 14.9. The fourth-order valence-corrected chi connectivity index (χ4v) is 3.70. The first-order valence-electron chi connectivity index (χ1n) is 8.72. The van der Waals surface area contributed by atoms with Crippen molar-refractivity contribution in [3.8, 4) is 5.75 Å². The zero-order chi connectivity index (χ0) is 18.3. The molecule has 1 atom stereocenters. The average Bonchev–Trinajstić information content (AvgIpc) is 2.87. The molecule has 136 valence electrons. The lowest BCUT2D eigenvalue weighted by molar-refractivity contribution is -0.135. The van der Waals surface area contributed by atoms with Gasteiger partial charge in [-0.15, -0.1) is 10.2 Å². The molecule has 0 saturated heterocycles. The van der Waals surface area contributed by atoms with Crippen molar-refractivity contribution in [1.82, 2.24) is 19.7 Å². The van der Waals surface area contributed by atoms with Crippen LogP contribution in [0.3, 0.4) is 0 Å². The average molecular weight is 355 g/mol. The molecule has 8 heteroatoms. The van der Waals surface area contributed by atoms with Gasteiger partial charge in [0.2, 0.25) is 11.8 Å². The molecule has 8 nitrogen and oxygen atoms in total. The SMILES string of the molecule is COc1ccc2c(c1)[C@H](C(=O)N1CCc3nnc(C)n3CC1)CC(=O)N2. The van der Waals surface area contributed by atoms with Gasteiger partial charge in [0.1, 0.15) is 17.4 Å². The standard InChI is InChI=1S/C18H21N5O3/c1-11-20-21-16-5-6-22(7-8-23(11)16)18(25)14-10-17(24)19-15-4-3-12(26-2)9-13(14)15/h3-4,9,14H,5-8,10H2,1-2H3,(H,19,24)/t14-/m1/s1. The fraction of sp³-hybridized carbons (Fsp3) is 0.444. The van der Waals surface area contributed by atoms with Crippen LogP contribution in [0.1, 0.15) is 29.6 Å². The lowest BCUT2D eigenvalue weighted by atomic mass is 9.89. The molecule has 1 aromatic heterocycles. The molecule has 2 aliphatic heterocycles. The third kappa shape index (κ3) is 2.81. The van der Waals surface area contributed by atoms with Crippen molar-refractivity contribution in [3.63, 3.8) is 0 Å². The van der Waals surface area contributed by atoms with E-state index in [1.807, 2.05) is 17.9 Å². The Balaban J connectivity index is 1.60. The number of hydrogen-bond donors (Lipinski definition) is 1. The van der Waals surface area contributed by atoms with Gasteiger partial charge in [0.25, 0.3) is 0 Å². The molecule has 0 unspecified atom stereocenters. The van der Waals surface area contributed by atoms with Gasteiger partial charge in [0.15, 0.2) is 0 Å². The monoisotopic (exact) mass is 355 g/mol. The van der Waals surface area contributed by atoms with Crippen molar-refractivity contribution in [2.24, 2.45) is 0 Å². The molecule has 0 aliphatic carbocycles. The van der Waals surface area contributed by atoms with Crippen molar-refractivity contribution in [1.29, 1.82) is 0 Å². The van der Waals surface area contributed by atoms with Crippen LogP contribution in [-0.2, 0) is 22.6 Å². The molecule has 2 amide bonds. The van der Waals surface area contributed by atoms with E-state index in [4.69, 9.17) is 4.74 Å². The minimum atomic E-state index is -0.488. The molecule has 1 N–H and O–H groups in total. The van der Waals surface area contributed by atoms with Gasteiger partial charge in [-0.3, -0.25) is 9.59 Å². The van der Waals surface area contributed by atoms with E-state index < -0.39 is 5.92 Å². The van der Waals surface area contributed by atoms with Crippen LogP contribution in [-0.4, -0.2) is 51.7 Å². The van der Waals surface area contributed by atoms with Crippen LogP contribution in [0.15, 0.2) is 18.2 Å². The summed E-state index contributed by atoms with van der Waals surface area (Å²) in [5, 5.41) is 11.1. The van der Waals surface area contributed by atoms with Crippen LogP contribution in [0.5, 0.6) is 5.75 Å². The maximum absolute atomic E-state index is 13.2. The van der Waals surface area contributed by atoms with Gasteiger partial charge in [-0.05, 0) is 30.7 Å². The molecule has 0 bridgehead atoms. The molecular formula is C18H21N5O3. The number of aryl methyl sites for hydroxylation is 1. The smallest absolute Gasteiger partial charge is 0.230 e. The quantitative estimate of drug-likeness (QED) is 0.872. The number of hydrogen-bond acceptors (Lipinski definition) is 5. The van der Waals surface area contributed by atoms with E-state index >= 15 is 0 Å². The molecule has 4 rings (SSSR count). The van der Waals surface area contributed by atoms with E-state index in [0.717, 1.165) is 17.2 Å². The lowest BCUT2D eigenvalue weighted by Gasteiger charge is -2.30. The topological polar surface area (TPSA) is 89.3 Å². The van der Waals surface area contributed by atoms with Gasteiger partial charge in [-0.2, -0.15) is 0 Å². The first kappa shape index (κ1) is 16.6. The van der Waals surface area contributed by atoms with E-state index in [0.29, 0.717) is 37.5 Å². The second-order valence-corrected chi connectivity index (χ2v) is 6.65. The van der Waals surface area contributed by atoms with Crippen LogP contribution in [0.4, 0.5) is 5.69 Å². The Morgan fingerprint density at radius 3 is 2.92 bits per heavy atom. The van der Waals surface area contributed by atoms with Gasteiger partial charge in [-0.1, -0.05) is 0 Å². The number of carbonyl (C=O) groups excluding carboxylic acids is 2. The molecule has 0 saturated carbocycles. The van der Waals surface area contributed by atoms with Gasteiger partial charge >= 0.3 is 0 Å². The van der Waals surface area contributed by atoms with Gasteiger partial charge in [0, 0.05) is 38.2 Å². The number of methoxy groups -OCH3 is 1. The van der Waals surface area contributed by atoms with Crippen molar-refractivity contribution in [2.75, 3.05) is 25.5 Å². The third-order valence-electron chi connectivity index (χ3n) is 5.12. The number of rotatable bonds is 2. The highest BCUT2D eigenvalue weighted by Gasteiger charge is 2.34. The van der Waals surface area contributed by atoms with Crippen LogP contribution in [0, 0.1) is 6.92 Å². The Morgan fingerprint density at radius 2 is 2.12 bits per heavy atom. The predicted molar refractivity (Wildman–Crippen MR) is 94.0 cm³/mol. The summed E-state index contributed by atoms with van der Waals surface area (Å²) >= 11 is 0. The van der Waals surface area contributed by atoms with Crippen LogP contribution >= 0.6 is 0 Å². The van der Waals surface area contributed by atoms with Crippen molar-refractivity contribution < 1.29 is 14.3 Å². The summed E-state index contributed by atoms with van der Waals surface area (Å²) in [5.74, 6) is 1.80. The number of nitrogens with zero attached hydrogens (tertiary/aromatic N) is 4. The van der Waals surface area contributed by atoms with Crippen LogP contribution < -0.4 is 10.1 Å². The Morgan fingerprint density at radius 1 is 1.27 bits per heavy atom. The molecule has 1 aromatic carbocycles. The second kappa shape index (κ2) is 6.44. The number of anilines is 1. The predicted octanol–water partition coefficient (Wildman–Crippen LogP) is 1.11. The largest absolute Gasteiger partial charge is 0.497 e. The van der Waals surface area contributed by atoms with Crippen LogP contribution in [0.25, 0.3) is 0 Å². The van der Waals surface area contributed by atoms with E-state index in [-0.39, 0.29) is 18.2 Å². The number of nitrogens with one attached hydrogen (secondary N) is 1. The molecule has 2 aliphatic rings. The van der Waals surface area contributed by atoms with E-state index in [1.165, 1.54) is 0 Å². The molecule has 3 heterocycles. The minimum absolute atomic E-state index is 0.0225. The highest BCUT2D eigenvalue weighted by atomic mass is 16.5. The maximum atomic E-state index is 13.2. The van der Waals surface area contributed by atoms with Crippen molar-refractivity contribution in [3.05, 3.63) is 35.4 Å². The van der Waals surface area contributed by atoms with E-state index in [1.54, 1.807) is 19.2 Å². The number of ether oxygens (including phenoxy) is 1. The summed E-state index contributed by atoms with van der Waals surface area (Å²) in [5.41, 5.74) is 1.50. The first-order valence-corrected chi connectivity index (χ1v) is 8.72. The summed E-state index contributed by atoms with van der Waals surface area (Å²) in [6, 6.07) is 5.42. The molecule has 0 fully saturated rings. The Bertz CT molecular complexity index is 876. The molecule has 26 heavy (non-hydrogen) atoms. The van der Waals surface area contributed by atoms with E-state index in [9.17, 15) is 9.59 Å². The molecule has 2 aromatic rings. The Kier molecular flexibility index (Phi) is 4.10. The summed E-state index contributed by atoms with van der Waals surface area (Å²) in [6.45, 7) is 3.75. The molecule has 0 spiro atoms. The van der Waals surface area contributed by atoms with Gasteiger partial charge in [0.05, 0.1) is 13.0 Å². The summed E-state index contributed by atoms with van der Waals surface area (Å²) < 4.78 is 7.34. The number of benzene rings is 1. The summed E-state index contributed by atoms with van der Waals surface area (Å²) in [4.78, 5) is 27.2. The normalized spacial score (nSPS) is 19.2. The number of carbonyl (C=O) groups is 2. The third-order valence-corrected chi connectivity index (χ3v) is 5.12. The number of amides is 2. The zero-order valence-electron chi connectivity index (χ0n) is 14.9. The Hall–Kier alpha value is -2.90. The summed E-state index contributed by atoms with van der Waals surface area (Å²) in [6.07, 6.45) is 0.817. The Labute approximate surface area is 151 Å².